The van der Waals surface area contributed by atoms with Crippen molar-refractivity contribution in [3.05, 3.63) is 24.3 Å². The number of rotatable bonds is 8. The van der Waals surface area contributed by atoms with E-state index in [9.17, 15) is 14.4 Å². The molecule has 7 nitrogen and oxygen atoms in total. The molecular formula is C19H24N4O3S. The highest BCUT2D eigenvalue weighted by Crippen LogP contribution is 2.27. The van der Waals surface area contributed by atoms with Gasteiger partial charge in [0.05, 0.1) is 17.5 Å². The van der Waals surface area contributed by atoms with Crippen LogP contribution >= 0.6 is 11.8 Å². The number of nitrogens with zero attached hydrogens (tertiary/aromatic N) is 2. The summed E-state index contributed by atoms with van der Waals surface area (Å²) in [5, 5.41) is 14.2. The van der Waals surface area contributed by atoms with Gasteiger partial charge in [0.2, 0.25) is 5.91 Å². The number of hydrogen-bond acceptors (Lipinski definition) is 5. The molecule has 0 bridgehead atoms. The SMILES string of the molecule is CC(C)CC[C@]1(C)NC(=O)N(CC(=O)Nc2ccccc2SCC#N)C1=O. The molecule has 0 radical (unpaired) electrons. The van der Waals surface area contributed by atoms with E-state index >= 15 is 0 Å². The number of urea groups is 1. The van der Waals surface area contributed by atoms with Gasteiger partial charge in [-0.2, -0.15) is 5.26 Å². The number of nitrogens with one attached hydrogen (secondary N) is 2. The zero-order valence-electron chi connectivity index (χ0n) is 15.7. The highest BCUT2D eigenvalue weighted by Gasteiger charge is 2.47. The summed E-state index contributed by atoms with van der Waals surface area (Å²) in [6.45, 7) is 5.45. The molecule has 0 aromatic heterocycles. The van der Waals surface area contributed by atoms with Crippen LogP contribution in [0.3, 0.4) is 0 Å². The van der Waals surface area contributed by atoms with E-state index in [1.807, 2.05) is 12.1 Å². The van der Waals surface area contributed by atoms with Crippen molar-refractivity contribution in [3.63, 3.8) is 0 Å². The second-order valence-corrected chi connectivity index (χ2v) is 8.09. The quantitative estimate of drug-likeness (QED) is 0.526. The third kappa shape index (κ3) is 5.23. The fourth-order valence-corrected chi connectivity index (χ4v) is 3.45. The summed E-state index contributed by atoms with van der Waals surface area (Å²) >= 11 is 1.31. The number of carbonyl (C=O) groups excluding carboxylic acids is 3. The van der Waals surface area contributed by atoms with Gasteiger partial charge < -0.3 is 10.6 Å². The number of anilines is 1. The fraction of sp³-hybridized carbons (Fsp3) is 0.474. The second kappa shape index (κ2) is 8.91. The van der Waals surface area contributed by atoms with Crippen molar-refractivity contribution in [2.45, 2.75) is 44.0 Å². The van der Waals surface area contributed by atoms with E-state index in [1.54, 1.807) is 25.1 Å². The zero-order valence-corrected chi connectivity index (χ0v) is 16.6. The number of carbonyl (C=O) groups is 3. The van der Waals surface area contributed by atoms with Gasteiger partial charge in [-0.1, -0.05) is 26.0 Å². The van der Waals surface area contributed by atoms with Crippen molar-refractivity contribution in [3.8, 4) is 6.07 Å². The van der Waals surface area contributed by atoms with E-state index in [0.29, 0.717) is 18.0 Å². The van der Waals surface area contributed by atoms with Gasteiger partial charge in [-0.25, -0.2) is 4.79 Å². The molecule has 8 heteroatoms. The summed E-state index contributed by atoms with van der Waals surface area (Å²) in [4.78, 5) is 39.0. The van der Waals surface area contributed by atoms with Crippen LogP contribution in [0.5, 0.6) is 0 Å². The van der Waals surface area contributed by atoms with E-state index in [-0.39, 0.29) is 18.2 Å². The minimum absolute atomic E-state index is 0.258. The summed E-state index contributed by atoms with van der Waals surface area (Å²) in [5.74, 6) is -0.174. The van der Waals surface area contributed by atoms with Gasteiger partial charge in [-0.05, 0) is 37.8 Å². The van der Waals surface area contributed by atoms with Crippen molar-refractivity contribution < 1.29 is 14.4 Å². The van der Waals surface area contributed by atoms with Crippen molar-refractivity contribution >= 4 is 35.3 Å². The minimum Gasteiger partial charge on any atom is -0.324 e. The number of imide groups is 1. The first-order chi connectivity index (χ1) is 12.8. The molecule has 2 rings (SSSR count). The number of thioether (sulfide) groups is 1. The molecule has 1 aliphatic heterocycles. The average molecular weight is 388 g/mol. The maximum Gasteiger partial charge on any atom is 0.325 e. The van der Waals surface area contributed by atoms with Gasteiger partial charge in [0.1, 0.15) is 12.1 Å². The molecule has 0 spiro atoms. The third-order valence-corrected chi connectivity index (χ3v) is 5.26. The summed E-state index contributed by atoms with van der Waals surface area (Å²) < 4.78 is 0. The Morgan fingerprint density at radius 2 is 2.07 bits per heavy atom. The number of para-hydroxylation sites is 1. The Hall–Kier alpha value is -2.53. The van der Waals surface area contributed by atoms with Crippen LogP contribution in [0.25, 0.3) is 0 Å². The molecule has 2 N–H and O–H groups in total. The lowest BCUT2D eigenvalue weighted by molar-refractivity contribution is -0.133. The van der Waals surface area contributed by atoms with Crippen LogP contribution in [0.2, 0.25) is 0 Å². The summed E-state index contributed by atoms with van der Waals surface area (Å²) in [6.07, 6.45) is 1.33. The standard InChI is InChI=1S/C19H24N4O3S/c1-13(2)8-9-19(3)17(25)23(18(26)22-19)12-16(24)21-14-6-4-5-7-15(14)27-11-10-20/h4-7,13H,8-9,11-12H2,1-3H3,(H,21,24)(H,22,26)/t19-/m0/s1. The molecule has 1 fully saturated rings. The number of nitriles is 1. The number of hydrogen-bond donors (Lipinski definition) is 2. The van der Waals surface area contributed by atoms with Crippen LogP contribution in [-0.2, 0) is 9.59 Å². The molecule has 0 saturated carbocycles. The molecule has 1 aromatic carbocycles. The average Bonchev–Trinajstić information content (AvgIpc) is 2.83. The van der Waals surface area contributed by atoms with E-state index in [1.165, 1.54) is 11.8 Å². The predicted molar refractivity (Wildman–Crippen MR) is 104 cm³/mol. The summed E-state index contributed by atoms with van der Waals surface area (Å²) in [7, 11) is 0. The number of benzene rings is 1. The molecule has 1 aliphatic rings. The van der Waals surface area contributed by atoms with E-state index in [4.69, 9.17) is 5.26 Å². The molecule has 1 aromatic rings. The summed E-state index contributed by atoms with van der Waals surface area (Å²) in [5.41, 5.74) is -0.417. The van der Waals surface area contributed by atoms with Gasteiger partial charge in [-0.3, -0.25) is 14.5 Å². The van der Waals surface area contributed by atoms with Crippen molar-refractivity contribution in [2.75, 3.05) is 17.6 Å². The van der Waals surface area contributed by atoms with E-state index in [2.05, 4.69) is 24.5 Å². The van der Waals surface area contributed by atoms with E-state index in [0.717, 1.165) is 16.2 Å². The minimum atomic E-state index is -0.970. The van der Waals surface area contributed by atoms with Crippen molar-refractivity contribution in [1.29, 1.82) is 5.26 Å². The van der Waals surface area contributed by atoms with Crippen LogP contribution in [-0.4, -0.2) is 40.6 Å². The Kier molecular flexibility index (Phi) is 6.86. The largest absolute Gasteiger partial charge is 0.325 e. The first-order valence-electron chi connectivity index (χ1n) is 8.79. The predicted octanol–water partition coefficient (Wildman–Crippen LogP) is 2.99. The van der Waals surface area contributed by atoms with E-state index < -0.39 is 17.5 Å². The third-order valence-electron chi connectivity index (χ3n) is 4.32. The summed E-state index contributed by atoms with van der Waals surface area (Å²) in [6, 6.07) is 8.59. The Balaban J connectivity index is 2.03. The van der Waals surface area contributed by atoms with Crippen LogP contribution in [0.1, 0.15) is 33.6 Å². The first kappa shape index (κ1) is 20.8. The molecule has 144 valence electrons. The second-order valence-electron chi connectivity index (χ2n) is 7.08. The molecule has 4 amide bonds. The Labute approximate surface area is 163 Å². The lowest BCUT2D eigenvalue weighted by Gasteiger charge is -2.22. The molecule has 0 aliphatic carbocycles. The Morgan fingerprint density at radius 1 is 1.37 bits per heavy atom. The van der Waals surface area contributed by atoms with Crippen molar-refractivity contribution in [1.82, 2.24) is 10.2 Å². The van der Waals surface area contributed by atoms with Crippen LogP contribution in [0, 0.1) is 17.2 Å². The monoisotopic (exact) mass is 388 g/mol. The highest BCUT2D eigenvalue weighted by atomic mass is 32.2. The van der Waals surface area contributed by atoms with Gasteiger partial charge in [-0.15, -0.1) is 11.8 Å². The zero-order chi connectivity index (χ0) is 20.0. The first-order valence-corrected chi connectivity index (χ1v) is 9.78. The smallest absolute Gasteiger partial charge is 0.324 e. The van der Waals surface area contributed by atoms with Crippen LogP contribution < -0.4 is 10.6 Å². The van der Waals surface area contributed by atoms with Crippen LogP contribution in [0.15, 0.2) is 29.2 Å². The van der Waals surface area contributed by atoms with Gasteiger partial charge >= 0.3 is 6.03 Å². The molecule has 1 atom stereocenters. The molecular weight excluding hydrogens is 364 g/mol. The number of amides is 4. The maximum absolute atomic E-state index is 12.7. The highest BCUT2D eigenvalue weighted by molar-refractivity contribution is 7.99. The molecule has 1 heterocycles. The van der Waals surface area contributed by atoms with Crippen molar-refractivity contribution in [2.24, 2.45) is 5.92 Å². The molecule has 27 heavy (non-hydrogen) atoms. The maximum atomic E-state index is 12.7. The Bertz CT molecular complexity index is 774. The normalized spacial score (nSPS) is 19.1. The van der Waals surface area contributed by atoms with Gasteiger partial charge in [0.25, 0.3) is 5.91 Å². The fourth-order valence-electron chi connectivity index (χ4n) is 2.78. The Morgan fingerprint density at radius 3 is 2.74 bits per heavy atom. The van der Waals surface area contributed by atoms with Gasteiger partial charge in [0, 0.05) is 4.90 Å². The molecule has 1 saturated heterocycles. The van der Waals surface area contributed by atoms with Gasteiger partial charge in [0.15, 0.2) is 0 Å². The lowest BCUT2D eigenvalue weighted by Crippen LogP contribution is -2.44. The lowest BCUT2D eigenvalue weighted by atomic mass is 9.92. The topological polar surface area (TPSA) is 102 Å². The van der Waals surface area contributed by atoms with Crippen LogP contribution in [0.4, 0.5) is 10.5 Å². The molecule has 0 unspecified atom stereocenters.